The zero-order valence-corrected chi connectivity index (χ0v) is 10.0. The summed E-state index contributed by atoms with van der Waals surface area (Å²) in [6.07, 6.45) is 3.77. The van der Waals surface area contributed by atoms with Crippen molar-refractivity contribution in [3.63, 3.8) is 0 Å². The van der Waals surface area contributed by atoms with E-state index in [1.807, 2.05) is 37.6 Å². The lowest BCUT2D eigenvalue weighted by atomic mass is 9.99. The molecular weight excluding hydrogens is 212 g/mol. The fraction of sp³-hybridized carbons (Fsp3) is 0.308. The number of nitrogens with two attached hydrogens (primary N) is 1. The third-order valence-corrected chi connectivity index (χ3v) is 2.81. The van der Waals surface area contributed by atoms with E-state index in [-0.39, 0.29) is 0 Å². The van der Waals surface area contributed by atoms with Crippen LogP contribution in [-0.4, -0.2) is 22.9 Å². The van der Waals surface area contributed by atoms with Crippen molar-refractivity contribution in [1.29, 1.82) is 0 Å². The summed E-state index contributed by atoms with van der Waals surface area (Å²) in [6, 6.07) is 10.3. The summed E-state index contributed by atoms with van der Waals surface area (Å²) in [4.78, 5) is 0. The topological polar surface area (TPSA) is 55.9 Å². The summed E-state index contributed by atoms with van der Waals surface area (Å²) in [5, 5.41) is 7.47. The molecule has 0 aliphatic heterocycles. The number of aromatic nitrogens is 2. The van der Waals surface area contributed by atoms with E-state index < -0.39 is 0 Å². The van der Waals surface area contributed by atoms with Crippen LogP contribution in [0.15, 0.2) is 42.7 Å². The molecule has 0 aliphatic rings. The van der Waals surface area contributed by atoms with E-state index in [0.29, 0.717) is 12.5 Å². The zero-order chi connectivity index (χ0) is 12.1. The lowest BCUT2D eigenvalue weighted by Crippen LogP contribution is -2.20. The molecule has 4 heteroatoms. The molecule has 1 atom stereocenters. The second kappa shape index (κ2) is 5.50. The molecule has 1 unspecified atom stereocenters. The quantitative estimate of drug-likeness (QED) is 0.820. The summed E-state index contributed by atoms with van der Waals surface area (Å²) in [5.41, 5.74) is 8.11. The second-order valence-electron chi connectivity index (χ2n) is 4.13. The van der Waals surface area contributed by atoms with E-state index in [1.54, 1.807) is 4.68 Å². The molecule has 0 saturated carbocycles. The number of aryl methyl sites for hydroxylation is 1. The highest BCUT2D eigenvalue weighted by Crippen LogP contribution is 2.15. The highest BCUT2D eigenvalue weighted by Gasteiger charge is 2.09. The predicted molar refractivity (Wildman–Crippen MR) is 69.9 cm³/mol. The summed E-state index contributed by atoms with van der Waals surface area (Å²) >= 11 is 0. The maximum absolute atomic E-state index is 5.81. The van der Waals surface area contributed by atoms with Crippen molar-refractivity contribution in [2.75, 3.05) is 18.4 Å². The summed E-state index contributed by atoms with van der Waals surface area (Å²) in [7, 11) is 1.91. The van der Waals surface area contributed by atoms with Gasteiger partial charge in [-0.05, 0) is 5.56 Å². The van der Waals surface area contributed by atoms with E-state index >= 15 is 0 Å². The molecule has 3 N–H and O–H groups in total. The van der Waals surface area contributed by atoms with Crippen LogP contribution in [0.25, 0.3) is 0 Å². The number of rotatable bonds is 5. The van der Waals surface area contributed by atoms with Crippen molar-refractivity contribution in [3.8, 4) is 0 Å². The highest BCUT2D eigenvalue weighted by atomic mass is 15.3. The maximum Gasteiger partial charge on any atom is 0.0726 e. The Kier molecular flexibility index (Phi) is 3.77. The molecule has 4 nitrogen and oxygen atoms in total. The largest absolute Gasteiger partial charge is 0.382 e. The van der Waals surface area contributed by atoms with Gasteiger partial charge in [0.2, 0.25) is 0 Å². The minimum Gasteiger partial charge on any atom is -0.382 e. The minimum absolute atomic E-state index is 0.330. The van der Waals surface area contributed by atoms with Gasteiger partial charge in [0, 0.05) is 32.3 Å². The van der Waals surface area contributed by atoms with Gasteiger partial charge in [0.15, 0.2) is 0 Å². The molecule has 0 spiro atoms. The Balaban J connectivity index is 1.97. The van der Waals surface area contributed by atoms with Crippen LogP contribution < -0.4 is 11.1 Å². The third-order valence-electron chi connectivity index (χ3n) is 2.81. The van der Waals surface area contributed by atoms with Gasteiger partial charge in [-0.3, -0.25) is 4.68 Å². The van der Waals surface area contributed by atoms with Crippen LogP contribution in [-0.2, 0) is 7.05 Å². The van der Waals surface area contributed by atoms with Gasteiger partial charge < -0.3 is 11.1 Å². The number of hydrogen-bond donors (Lipinski definition) is 2. The van der Waals surface area contributed by atoms with Crippen molar-refractivity contribution in [3.05, 3.63) is 48.3 Å². The van der Waals surface area contributed by atoms with Crippen LogP contribution in [0.2, 0.25) is 0 Å². The molecule has 17 heavy (non-hydrogen) atoms. The molecule has 2 aromatic rings. The first-order valence-corrected chi connectivity index (χ1v) is 5.77. The Morgan fingerprint density at radius 2 is 2.12 bits per heavy atom. The van der Waals surface area contributed by atoms with Gasteiger partial charge in [-0.1, -0.05) is 30.3 Å². The molecule has 1 heterocycles. The SMILES string of the molecule is Cn1cc(NCC(CN)c2ccccc2)cn1. The predicted octanol–water partition coefficient (Wildman–Crippen LogP) is 1.57. The summed E-state index contributed by atoms with van der Waals surface area (Å²) in [6.45, 7) is 1.46. The Morgan fingerprint density at radius 3 is 2.71 bits per heavy atom. The number of nitrogens with one attached hydrogen (secondary N) is 1. The number of nitrogens with zero attached hydrogens (tertiary/aromatic N) is 2. The van der Waals surface area contributed by atoms with Gasteiger partial charge in [0.05, 0.1) is 11.9 Å². The average Bonchev–Trinajstić information content (AvgIpc) is 2.77. The van der Waals surface area contributed by atoms with Crippen LogP contribution in [0, 0.1) is 0 Å². The molecule has 2 rings (SSSR count). The molecule has 1 aromatic carbocycles. The molecule has 0 fully saturated rings. The van der Waals surface area contributed by atoms with Gasteiger partial charge in [-0.2, -0.15) is 5.10 Å². The fourth-order valence-electron chi connectivity index (χ4n) is 1.82. The molecule has 0 saturated heterocycles. The van der Waals surface area contributed by atoms with Crippen LogP contribution in [0.3, 0.4) is 0 Å². The maximum atomic E-state index is 5.81. The molecule has 0 amide bonds. The molecule has 0 aliphatic carbocycles. The van der Waals surface area contributed by atoms with E-state index in [1.165, 1.54) is 5.56 Å². The average molecular weight is 230 g/mol. The van der Waals surface area contributed by atoms with Crippen molar-refractivity contribution < 1.29 is 0 Å². The number of hydrogen-bond acceptors (Lipinski definition) is 3. The van der Waals surface area contributed by atoms with Gasteiger partial charge in [-0.25, -0.2) is 0 Å². The molecular formula is C13H18N4. The normalized spacial score (nSPS) is 12.4. The van der Waals surface area contributed by atoms with Crippen molar-refractivity contribution in [2.24, 2.45) is 12.8 Å². The standard InChI is InChI=1S/C13H18N4/c1-17-10-13(9-16-17)15-8-12(7-14)11-5-3-2-4-6-11/h2-6,9-10,12,15H,7-8,14H2,1H3. The van der Waals surface area contributed by atoms with Gasteiger partial charge in [-0.15, -0.1) is 0 Å². The summed E-state index contributed by atoms with van der Waals surface area (Å²) < 4.78 is 1.78. The first-order valence-electron chi connectivity index (χ1n) is 5.77. The lowest BCUT2D eigenvalue weighted by molar-refractivity contribution is 0.731. The van der Waals surface area contributed by atoms with Crippen molar-refractivity contribution in [2.45, 2.75) is 5.92 Å². The Labute approximate surface area is 101 Å². The molecule has 0 bridgehead atoms. The first-order chi connectivity index (χ1) is 8.29. The van der Waals surface area contributed by atoms with Gasteiger partial charge >= 0.3 is 0 Å². The Hall–Kier alpha value is -1.81. The van der Waals surface area contributed by atoms with Crippen LogP contribution in [0.1, 0.15) is 11.5 Å². The molecule has 0 radical (unpaired) electrons. The van der Waals surface area contributed by atoms with E-state index in [4.69, 9.17) is 5.73 Å². The first kappa shape index (κ1) is 11.7. The monoisotopic (exact) mass is 230 g/mol. The van der Waals surface area contributed by atoms with E-state index in [9.17, 15) is 0 Å². The summed E-state index contributed by atoms with van der Waals surface area (Å²) in [5.74, 6) is 0.330. The van der Waals surface area contributed by atoms with E-state index in [0.717, 1.165) is 12.2 Å². The highest BCUT2D eigenvalue weighted by molar-refractivity contribution is 5.39. The van der Waals surface area contributed by atoms with E-state index in [2.05, 4.69) is 22.5 Å². The van der Waals surface area contributed by atoms with Crippen LogP contribution in [0.5, 0.6) is 0 Å². The second-order valence-corrected chi connectivity index (χ2v) is 4.13. The smallest absolute Gasteiger partial charge is 0.0726 e. The minimum atomic E-state index is 0.330. The Morgan fingerprint density at radius 1 is 1.35 bits per heavy atom. The Bertz CT molecular complexity index is 449. The number of anilines is 1. The van der Waals surface area contributed by atoms with Crippen molar-refractivity contribution >= 4 is 5.69 Å². The zero-order valence-electron chi connectivity index (χ0n) is 10.0. The molecule has 1 aromatic heterocycles. The van der Waals surface area contributed by atoms with Crippen LogP contribution in [0.4, 0.5) is 5.69 Å². The van der Waals surface area contributed by atoms with Crippen molar-refractivity contribution in [1.82, 2.24) is 9.78 Å². The van der Waals surface area contributed by atoms with Crippen LogP contribution >= 0.6 is 0 Å². The number of benzene rings is 1. The lowest BCUT2D eigenvalue weighted by Gasteiger charge is -2.15. The fourth-order valence-corrected chi connectivity index (χ4v) is 1.82. The third kappa shape index (κ3) is 3.07. The molecule has 90 valence electrons. The van der Waals surface area contributed by atoms with Gasteiger partial charge in [0.1, 0.15) is 0 Å². The van der Waals surface area contributed by atoms with Gasteiger partial charge in [0.25, 0.3) is 0 Å².